The first-order valence-corrected chi connectivity index (χ1v) is 9.54. The van der Waals surface area contributed by atoms with Crippen molar-refractivity contribution in [2.45, 2.75) is 17.5 Å². The number of hydrogen-bond acceptors (Lipinski definition) is 2. The maximum absolute atomic E-state index is 4.20. The van der Waals surface area contributed by atoms with E-state index in [4.69, 9.17) is 0 Å². The standard InChI is InChI=1S/C22H20N2S/c1-2-7-18(8-3-1)16-25-22(15-24-14-13-23-17-24)21-12-6-10-19-9-4-5-11-20(19)21/h1-14,17,22H,15-16H2. The van der Waals surface area contributed by atoms with Crippen LogP contribution in [-0.2, 0) is 12.3 Å². The number of hydrogen-bond donors (Lipinski definition) is 0. The summed E-state index contributed by atoms with van der Waals surface area (Å²) in [6.07, 6.45) is 5.80. The van der Waals surface area contributed by atoms with E-state index in [2.05, 4.69) is 82.3 Å². The summed E-state index contributed by atoms with van der Waals surface area (Å²) in [6, 6.07) is 26.0. The molecule has 2 nitrogen and oxygen atoms in total. The van der Waals surface area contributed by atoms with Crippen LogP contribution in [0.15, 0.2) is 91.5 Å². The Kier molecular flexibility index (Phi) is 4.84. The van der Waals surface area contributed by atoms with Gasteiger partial charge in [0.15, 0.2) is 0 Å². The van der Waals surface area contributed by atoms with Crippen molar-refractivity contribution in [3.8, 4) is 0 Å². The first kappa shape index (κ1) is 16.0. The van der Waals surface area contributed by atoms with Gasteiger partial charge in [0.05, 0.1) is 6.33 Å². The quantitative estimate of drug-likeness (QED) is 0.446. The minimum atomic E-state index is 0.375. The van der Waals surface area contributed by atoms with Gasteiger partial charge in [-0.1, -0.05) is 72.8 Å². The molecule has 0 fully saturated rings. The molecule has 0 saturated carbocycles. The number of thioether (sulfide) groups is 1. The van der Waals surface area contributed by atoms with Crippen molar-refractivity contribution in [2.24, 2.45) is 0 Å². The molecule has 0 amide bonds. The predicted molar refractivity (Wildman–Crippen MR) is 107 cm³/mol. The van der Waals surface area contributed by atoms with E-state index in [-0.39, 0.29) is 0 Å². The van der Waals surface area contributed by atoms with Crippen molar-refractivity contribution in [1.29, 1.82) is 0 Å². The van der Waals surface area contributed by atoms with E-state index in [9.17, 15) is 0 Å². The molecular formula is C22H20N2S. The lowest BCUT2D eigenvalue weighted by Gasteiger charge is -2.20. The molecule has 4 rings (SSSR count). The van der Waals surface area contributed by atoms with Gasteiger partial charge in [-0.05, 0) is 21.9 Å². The van der Waals surface area contributed by atoms with Gasteiger partial charge in [-0.2, -0.15) is 0 Å². The highest BCUT2D eigenvalue weighted by molar-refractivity contribution is 7.98. The predicted octanol–water partition coefficient (Wildman–Crippen LogP) is 5.71. The van der Waals surface area contributed by atoms with Crippen LogP contribution in [-0.4, -0.2) is 9.55 Å². The van der Waals surface area contributed by atoms with Gasteiger partial charge >= 0.3 is 0 Å². The summed E-state index contributed by atoms with van der Waals surface area (Å²) in [5.41, 5.74) is 2.76. The van der Waals surface area contributed by atoms with Crippen LogP contribution in [0.5, 0.6) is 0 Å². The van der Waals surface area contributed by atoms with Crippen molar-refractivity contribution in [3.63, 3.8) is 0 Å². The Morgan fingerprint density at radius 2 is 1.68 bits per heavy atom. The number of imidazole rings is 1. The normalized spacial score (nSPS) is 12.3. The minimum absolute atomic E-state index is 0.375. The van der Waals surface area contributed by atoms with Crippen molar-refractivity contribution in [2.75, 3.05) is 0 Å². The summed E-state index contributed by atoms with van der Waals surface area (Å²) in [5, 5.41) is 3.02. The fraction of sp³-hybridized carbons (Fsp3) is 0.136. The summed E-state index contributed by atoms with van der Waals surface area (Å²) < 4.78 is 2.17. The Labute approximate surface area is 152 Å². The third-order valence-electron chi connectivity index (χ3n) is 4.40. The maximum Gasteiger partial charge on any atom is 0.0946 e. The summed E-state index contributed by atoms with van der Waals surface area (Å²) in [6.45, 7) is 0.922. The summed E-state index contributed by atoms with van der Waals surface area (Å²) in [5.74, 6) is 1.00. The van der Waals surface area contributed by atoms with E-state index in [1.165, 1.54) is 21.9 Å². The molecule has 4 aromatic rings. The molecule has 0 radical (unpaired) electrons. The second-order valence-electron chi connectivity index (χ2n) is 6.11. The third-order valence-corrected chi connectivity index (χ3v) is 5.71. The Morgan fingerprint density at radius 1 is 0.880 bits per heavy atom. The molecular weight excluding hydrogens is 324 g/mol. The molecule has 3 aromatic carbocycles. The molecule has 124 valence electrons. The number of fused-ring (bicyclic) bond motifs is 1. The first-order chi connectivity index (χ1) is 12.4. The molecule has 25 heavy (non-hydrogen) atoms. The Balaban J connectivity index is 1.66. The SMILES string of the molecule is c1ccc(CSC(Cn2ccnc2)c2cccc3ccccc23)cc1. The Hall–Kier alpha value is -2.52. The average Bonchev–Trinajstić information content (AvgIpc) is 3.19. The van der Waals surface area contributed by atoms with Crippen LogP contribution >= 0.6 is 11.8 Å². The minimum Gasteiger partial charge on any atom is -0.336 e. The van der Waals surface area contributed by atoms with E-state index < -0.39 is 0 Å². The molecule has 1 heterocycles. The van der Waals surface area contributed by atoms with Crippen molar-refractivity contribution >= 4 is 22.5 Å². The van der Waals surface area contributed by atoms with Crippen LogP contribution in [0, 0.1) is 0 Å². The van der Waals surface area contributed by atoms with Crippen molar-refractivity contribution in [3.05, 3.63) is 103 Å². The van der Waals surface area contributed by atoms with E-state index >= 15 is 0 Å². The largest absolute Gasteiger partial charge is 0.336 e. The zero-order chi connectivity index (χ0) is 16.9. The van der Waals surface area contributed by atoms with Crippen LogP contribution in [0.1, 0.15) is 16.4 Å². The molecule has 0 spiro atoms. The summed E-state index contributed by atoms with van der Waals surface area (Å²) in [7, 11) is 0. The zero-order valence-corrected chi connectivity index (χ0v) is 14.8. The first-order valence-electron chi connectivity index (χ1n) is 8.49. The summed E-state index contributed by atoms with van der Waals surface area (Å²) in [4.78, 5) is 4.20. The Morgan fingerprint density at radius 3 is 2.52 bits per heavy atom. The summed E-state index contributed by atoms with van der Waals surface area (Å²) >= 11 is 1.99. The second kappa shape index (κ2) is 7.58. The smallest absolute Gasteiger partial charge is 0.0946 e. The van der Waals surface area contributed by atoms with Gasteiger partial charge in [0.25, 0.3) is 0 Å². The number of aromatic nitrogens is 2. The van der Waals surface area contributed by atoms with Crippen molar-refractivity contribution in [1.82, 2.24) is 9.55 Å². The lowest BCUT2D eigenvalue weighted by Crippen LogP contribution is -2.06. The average molecular weight is 344 g/mol. The molecule has 0 aliphatic heterocycles. The molecule has 1 unspecified atom stereocenters. The number of benzene rings is 3. The fourth-order valence-electron chi connectivity index (χ4n) is 3.13. The molecule has 0 saturated heterocycles. The topological polar surface area (TPSA) is 17.8 Å². The van der Waals surface area contributed by atoms with Gasteiger partial charge in [-0.15, -0.1) is 11.8 Å². The van der Waals surface area contributed by atoms with E-state index in [0.29, 0.717) is 5.25 Å². The van der Waals surface area contributed by atoms with Crippen LogP contribution < -0.4 is 0 Å². The monoisotopic (exact) mass is 344 g/mol. The molecule has 0 aliphatic rings. The van der Waals surface area contributed by atoms with E-state index in [1.807, 2.05) is 30.5 Å². The number of nitrogens with zero attached hydrogens (tertiary/aromatic N) is 2. The third kappa shape index (κ3) is 3.77. The van der Waals surface area contributed by atoms with Crippen LogP contribution in [0.2, 0.25) is 0 Å². The van der Waals surface area contributed by atoms with Gasteiger partial charge in [-0.3, -0.25) is 0 Å². The highest BCUT2D eigenvalue weighted by Crippen LogP contribution is 2.37. The molecule has 0 aliphatic carbocycles. The highest BCUT2D eigenvalue weighted by atomic mass is 32.2. The van der Waals surface area contributed by atoms with Crippen LogP contribution in [0.3, 0.4) is 0 Å². The molecule has 3 heteroatoms. The van der Waals surface area contributed by atoms with E-state index in [0.717, 1.165) is 12.3 Å². The molecule has 1 atom stereocenters. The fourth-order valence-corrected chi connectivity index (χ4v) is 4.38. The lowest BCUT2D eigenvalue weighted by atomic mass is 10.0. The Bertz CT molecular complexity index is 927. The van der Waals surface area contributed by atoms with Gasteiger partial charge in [0.1, 0.15) is 0 Å². The van der Waals surface area contributed by atoms with Gasteiger partial charge in [-0.25, -0.2) is 4.98 Å². The lowest BCUT2D eigenvalue weighted by molar-refractivity contribution is 0.686. The zero-order valence-electron chi connectivity index (χ0n) is 14.0. The molecule has 1 aromatic heterocycles. The van der Waals surface area contributed by atoms with E-state index in [1.54, 1.807) is 0 Å². The van der Waals surface area contributed by atoms with Crippen LogP contribution in [0.25, 0.3) is 10.8 Å². The van der Waals surface area contributed by atoms with Crippen molar-refractivity contribution < 1.29 is 0 Å². The highest BCUT2D eigenvalue weighted by Gasteiger charge is 2.16. The number of rotatable bonds is 6. The van der Waals surface area contributed by atoms with Gasteiger partial charge in [0, 0.05) is 29.9 Å². The molecule has 0 N–H and O–H groups in total. The second-order valence-corrected chi connectivity index (χ2v) is 7.30. The van der Waals surface area contributed by atoms with Gasteiger partial charge < -0.3 is 4.57 Å². The molecule has 0 bridgehead atoms. The maximum atomic E-state index is 4.20. The van der Waals surface area contributed by atoms with Crippen LogP contribution in [0.4, 0.5) is 0 Å². The van der Waals surface area contributed by atoms with Gasteiger partial charge in [0.2, 0.25) is 0 Å².